The van der Waals surface area contributed by atoms with Crippen LogP contribution in [0.15, 0.2) is 77.3 Å². The second-order valence-electron chi connectivity index (χ2n) is 10.5. The van der Waals surface area contributed by atoms with Crippen molar-refractivity contribution >= 4 is 45.3 Å². The first-order valence-corrected chi connectivity index (χ1v) is 14.2. The summed E-state index contributed by atoms with van der Waals surface area (Å²) in [7, 11) is 3.32. The molecule has 0 amide bonds. The molecule has 1 aromatic heterocycles. The van der Waals surface area contributed by atoms with E-state index >= 15 is 0 Å². The fourth-order valence-corrected chi connectivity index (χ4v) is 6.16. The van der Waals surface area contributed by atoms with Crippen molar-refractivity contribution in [3.8, 4) is 22.8 Å². The van der Waals surface area contributed by atoms with Gasteiger partial charge in [0.25, 0.3) is 0 Å². The summed E-state index contributed by atoms with van der Waals surface area (Å²) in [4.78, 5) is 18.6. The topological polar surface area (TPSA) is 80.1 Å². The number of piperazine rings is 1. The summed E-state index contributed by atoms with van der Waals surface area (Å²) < 4.78 is 16.9. The predicted molar refractivity (Wildman–Crippen MR) is 165 cm³/mol. The molecular formula is C33H29ClN4O4. The normalized spacial score (nSPS) is 14.6. The van der Waals surface area contributed by atoms with Gasteiger partial charge in [0.2, 0.25) is 0 Å². The number of carbonyl (C=O) groups excluding carboxylic acids is 1. The van der Waals surface area contributed by atoms with Gasteiger partial charge in [-0.25, -0.2) is 0 Å². The summed E-state index contributed by atoms with van der Waals surface area (Å²) in [5.41, 5.74) is 6.23. The third-order valence-corrected chi connectivity index (χ3v) is 8.33. The van der Waals surface area contributed by atoms with Crippen LogP contribution in [-0.4, -0.2) is 56.2 Å². The van der Waals surface area contributed by atoms with E-state index in [2.05, 4.69) is 20.3 Å². The lowest BCUT2D eigenvalue weighted by Crippen LogP contribution is -2.46. The van der Waals surface area contributed by atoms with Gasteiger partial charge in [0.05, 0.1) is 36.5 Å². The molecule has 2 heterocycles. The molecule has 0 spiro atoms. The van der Waals surface area contributed by atoms with Crippen molar-refractivity contribution in [1.82, 2.24) is 10.1 Å². The van der Waals surface area contributed by atoms with Gasteiger partial charge in [-0.1, -0.05) is 41.0 Å². The van der Waals surface area contributed by atoms with Crippen LogP contribution in [0.5, 0.6) is 11.5 Å². The van der Waals surface area contributed by atoms with Gasteiger partial charge >= 0.3 is 0 Å². The summed E-state index contributed by atoms with van der Waals surface area (Å²) in [5, 5.41) is 9.49. The van der Waals surface area contributed by atoms with Gasteiger partial charge in [0.1, 0.15) is 17.0 Å². The average Bonchev–Trinajstić information content (AvgIpc) is 3.46. The van der Waals surface area contributed by atoms with Crippen molar-refractivity contribution in [2.24, 2.45) is 0 Å². The zero-order chi connectivity index (χ0) is 28.8. The first-order chi connectivity index (χ1) is 20.5. The average molecular weight is 581 g/mol. The number of hydrogen-bond acceptors (Lipinski definition) is 8. The lowest BCUT2D eigenvalue weighted by molar-refractivity contribution is 0.104. The maximum Gasteiger partial charge on any atom is 0.196 e. The van der Waals surface area contributed by atoms with Crippen LogP contribution in [0.1, 0.15) is 21.5 Å². The molecule has 4 aromatic carbocycles. The minimum absolute atomic E-state index is 0.0471. The van der Waals surface area contributed by atoms with Gasteiger partial charge in [-0.15, -0.1) is 0 Å². The van der Waals surface area contributed by atoms with E-state index in [4.69, 9.17) is 25.6 Å². The van der Waals surface area contributed by atoms with Crippen molar-refractivity contribution in [2.45, 2.75) is 6.54 Å². The number of nitrogens with zero attached hydrogens (tertiary/aromatic N) is 3. The molecule has 8 nitrogen and oxygen atoms in total. The van der Waals surface area contributed by atoms with Crippen molar-refractivity contribution in [3.05, 3.63) is 94.5 Å². The van der Waals surface area contributed by atoms with E-state index in [1.54, 1.807) is 14.2 Å². The molecule has 0 atom stereocenters. The molecule has 0 unspecified atom stereocenters. The summed E-state index contributed by atoms with van der Waals surface area (Å²) in [5.74, 6) is 2.18. The fraction of sp³-hybridized carbons (Fsp3) is 0.212. The number of hydrogen-bond donors (Lipinski definition) is 1. The Morgan fingerprint density at radius 3 is 2.43 bits per heavy atom. The van der Waals surface area contributed by atoms with Gasteiger partial charge in [-0.2, -0.15) is 0 Å². The van der Waals surface area contributed by atoms with Crippen LogP contribution < -0.4 is 19.7 Å². The molecule has 42 heavy (non-hydrogen) atoms. The Hall–Kier alpha value is -4.53. The predicted octanol–water partition coefficient (Wildman–Crippen LogP) is 6.78. The molecule has 0 saturated carbocycles. The monoisotopic (exact) mass is 580 g/mol. The van der Waals surface area contributed by atoms with E-state index in [9.17, 15) is 4.79 Å². The molecule has 7 rings (SSSR count). The van der Waals surface area contributed by atoms with Crippen LogP contribution in [0, 0.1) is 0 Å². The number of nitrogens with one attached hydrogen (secondary N) is 1. The summed E-state index contributed by atoms with van der Waals surface area (Å²) in [6, 6.07) is 23.0. The minimum Gasteiger partial charge on any atom is -0.497 e. The number of aromatic nitrogens is 1. The van der Waals surface area contributed by atoms with Gasteiger partial charge in [0.15, 0.2) is 11.5 Å². The second kappa shape index (κ2) is 10.7. The van der Waals surface area contributed by atoms with E-state index in [1.807, 2.05) is 72.8 Å². The third kappa shape index (κ3) is 4.53. The number of benzene rings is 4. The molecule has 1 fully saturated rings. The SMILES string of the molecule is COc1ccc(Nc2cc(N3CCN(Cc4cc(Cl)ccc4OC)CC3)c3noc4c3c2C(=O)c2ccccc2-4)cc1. The van der Waals surface area contributed by atoms with E-state index in [-0.39, 0.29) is 5.78 Å². The highest BCUT2D eigenvalue weighted by molar-refractivity contribution is 6.30. The Morgan fingerprint density at radius 1 is 0.929 bits per heavy atom. The quantitative estimate of drug-likeness (QED) is 0.221. The summed E-state index contributed by atoms with van der Waals surface area (Å²) in [6.45, 7) is 3.99. The van der Waals surface area contributed by atoms with Gasteiger partial charge < -0.3 is 24.2 Å². The molecule has 0 radical (unpaired) electrons. The van der Waals surface area contributed by atoms with Gasteiger partial charge in [0, 0.05) is 60.1 Å². The Morgan fingerprint density at radius 2 is 1.69 bits per heavy atom. The highest BCUT2D eigenvalue weighted by atomic mass is 35.5. The number of anilines is 3. The highest BCUT2D eigenvalue weighted by Crippen LogP contribution is 2.46. The second-order valence-corrected chi connectivity index (χ2v) is 10.9. The van der Waals surface area contributed by atoms with E-state index < -0.39 is 0 Å². The number of ether oxygens (including phenoxy) is 2. The number of halogens is 1. The van der Waals surface area contributed by atoms with E-state index in [1.165, 1.54) is 0 Å². The standard InChI is InChI=1S/C33H29ClN4O4/c1-40-23-10-8-22(9-11-23)35-26-18-27(31-30-29(26)32(39)24-5-3-4-6-25(24)33(30)42-36-31)38-15-13-37(14-16-38)19-20-17-21(34)7-12-28(20)41-2/h3-12,17-18,35H,13-16,19H2,1-2H3. The molecule has 212 valence electrons. The smallest absolute Gasteiger partial charge is 0.196 e. The Kier molecular flexibility index (Phi) is 6.72. The third-order valence-electron chi connectivity index (χ3n) is 8.10. The minimum atomic E-state index is -0.0471. The van der Waals surface area contributed by atoms with Crippen LogP contribution in [0.3, 0.4) is 0 Å². The van der Waals surface area contributed by atoms with Crippen LogP contribution in [0.2, 0.25) is 5.02 Å². The van der Waals surface area contributed by atoms with Crippen LogP contribution in [-0.2, 0) is 6.54 Å². The van der Waals surface area contributed by atoms with Crippen LogP contribution in [0.25, 0.3) is 22.2 Å². The maximum absolute atomic E-state index is 13.9. The Labute approximate surface area is 248 Å². The summed E-state index contributed by atoms with van der Waals surface area (Å²) >= 11 is 6.28. The molecular weight excluding hydrogens is 552 g/mol. The number of fused-ring (bicyclic) bond motifs is 2. The van der Waals surface area contributed by atoms with Crippen LogP contribution in [0.4, 0.5) is 17.1 Å². The zero-order valence-corrected chi connectivity index (χ0v) is 24.1. The highest BCUT2D eigenvalue weighted by Gasteiger charge is 2.34. The zero-order valence-electron chi connectivity index (χ0n) is 23.3. The lowest BCUT2D eigenvalue weighted by atomic mass is 9.86. The van der Waals surface area contributed by atoms with Gasteiger partial charge in [-0.05, 0) is 48.5 Å². The lowest BCUT2D eigenvalue weighted by Gasteiger charge is -2.36. The molecule has 1 aliphatic heterocycles. The van der Waals surface area contributed by atoms with Crippen molar-refractivity contribution in [2.75, 3.05) is 50.6 Å². The number of ketones is 1. The molecule has 2 aliphatic rings. The van der Waals surface area contributed by atoms with Gasteiger partial charge in [-0.3, -0.25) is 9.69 Å². The maximum atomic E-state index is 13.9. The van der Waals surface area contributed by atoms with E-state index in [0.717, 1.165) is 77.8 Å². The number of methoxy groups -OCH3 is 2. The molecule has 1 saturated heterocycles. The Bertz CT molecular complexity index is 1810. The first kappa shape index (κ1) is 26.4. The van der Waals surface area contributed by atoms with Crippen molar-refractivity contribution < 1.29 is 18.8 Å². The van der Waals surface area contributed by atoms with E-state index in [0.29, 0.717) is 27.4 Å². The number of rotatable bonds is 7. The largest absolute Gasteiger partial charge is 0.497 e. The fourth-order valence-electron chi connectivity index (χ4n) is 5.97. The summed E-state index contributed by atoms with van der Waals surface area (Å²) in [6.07, 6.45) is 0. The molecule has 1 N–H and O–H groups in total. The number of carbonyl (C=O) groups is 1. The molecule has 5 aromatic rings. The van der Waals surface area contributed by atoms with Crippen LogP contribution >= 0.6 is 11.6 Å². The van der Waals surface area contributed by atoms with Crippen molar-refractivity contribution in [1.29, 1.82) is 0 Å². The molecule has 0 bridgehead atoms. The first-order valence-electron chi connectivity index (χ1n) is 13.9. The molecule has 1 aliphatic carbocycles. The molecule has 9 heteroatoms. The Balaban J connectivity index is 1.25. The van der Waals surface area contributed by atoms with Crippen molar-refractivity contribution in [3.63, 3.8) is 0 Å².